The topological polar surface area (TPSA) is 43.6 Å². The van der Waals surface area contributed by atoms with Crippen molar-refractivity contribution >= 4 is 11.6 Å². The van der Waals surface area contributed by atoms with Crippen LogP contribution < -0.4 is 0 Å². The van der Waals surface area contributed by atoms with Crippen LogP contribution in [0.1, 0.15) is 0 Å². The molecule has 0 bridgehead atoms. The molecule has 4 aromatic rings. The molecule has 0 atom stereocenters. The minimum Gasteiger partial charge on any atom is -0.224 e. The van der Waals surface area contributed by atoms with Crippen LogP contribution in [0.5, 0.6) is 0 Å². The van der Waals surface area contributed by atoms with Gasteiger partial charge in [0.05, 0.1) is 11.4 Å². The lowest BCUT2D eigenvalue weighted by atomic mass is 10.1. The van der Waals surface area contributed by atoms with Gasteiger partial charge < -0.3 is 0 Å². The van der Waals surface area contributed by atoms with Crippen LogP contribution in [-0.2, 0) is 0 Å². The van der Waals surface area contributed by atoms with Gasteiger partial charge in [-0.25, -0.2) is 14.6 Å². The predicted octanol–water partition coefficient (Wildman–Crippen LogP) is 4.65. The zero-order chi connectivity index (χ0) is 16.4. The van der Waals surface area contributed by atoms with Crippen LogP contribution in [0.4, 0.5) is 0 Å². The first-order valence-electron chi connectivity index (χ1n) is 7.50. The molecule has 116 valence electrons. The zero-order valence-electron chi connectivity index (χ0n) is 12.7. The molecule has 0 aliphatic heterocycles. The summed E-state index contributed by atoms with van der Waals surface area (Å²) in [5, 5.41) is 5.12. The van der Waals surface area contributed by atoms with Gasteiger partial charge in [0.15, 0.2) is 5.82 Å². The smallest absolute Gasteiger partial charge is 0.158 e. The number of rotatable bonds is 3. The van der Waals surface area contributed by atoms with Crippen molar-refractivity contribution in [1.29, 1.82) is 0 Å². The lowest BCUT2D eigenvalue weighted by Gasteiger charge is -2.06. The minimum atomic E-state index is 0.385. The molecule has 0 aliphatic rings. The van der Waals surface area contributed by atoms with Crippen molar-refractivity contribution in [3.63, 3.8) is 0 Å². The van der Waals surface area contributed by atoms with E-state index < -0.39 is 0 Å². The van der Waals surface area contributed by atoms with Crippen LogP contribution in [0, 0.1) is 0 Å². The van der Waals surface area contributed by atoms with Crippen molar-refractivity contribution in [3.8, 4) is 28.3 Å². The van der Waals surface area contributed by atoms with Gasteiger partial charge in [-0.1, -0.05) is 72.3 Å². The molecule has 0 amide bonds. The molecule has 0 unspecified atom stereocenters. The van der Waals surface area contributed by atoms with Crippen molar-refractivity contribution in [2.24, 2.45) is 0 Å². The number of benzene rings is 2. The van der Waals surface area contributed by atoms with Crippen molar-refractivity contribution in [3.05, 3.63) is 84.3 Å². The van der Waals surface area contributed by atoms with Gasteiger partial charge in [0.1, 0.15) is 11.5 Å². The van der Waals surface area contributed by atoms with Crippen LogP contribution in [-0.4, -0.2) is 19.7 Å². The first kappa shape index (κ1) is 14.6. The maximum Gasteiger partial charge on any atom is 0.158 e. The zero-order valence-corrected chi connectivity index (χ0v) is 13.4. The Morgan fingerprint density at radius 3 is 2.08 bits per heavy atom. The fourth-order valence-electron chi connectivity index (χ4n) is 2.56. The van der Waals surface area contributed by atoms with E-state index in [1.165, 1.54) is 6.33 Å². The maximum absolute atomic E-state index is 6.02. The molecule has 4 nitrogen and oxygen atoms in total. The molecule has 0 radical (unpaired) electrons. The predicted molar refractivity (Wildman–Crippen MR) is 95.0 cm³/mol. The number of aromatic nitrogens is 4. The quantitative estimate of drug-likeness (QED) is 0.513. The lowest BCUT2D eigenvalue weighted by molar-refractivity contribution is 0.849. The van der Waals surface area contributed by atoms with E-state index in [-0.39, 0.29) is 0 Å². The summed E-state index contributed by atoms with van der Waals surface area (Å²) < 4.78 is 1.80. The summed E-state index contributed by atoms with van der Waals surface area (Å²) in [6, 6.07) is 23.9. The molecule has 4 rings (SSSR count). The van der Waals surface area contributed by atoms with Gasteiger partial charge in [0.25, 0.3) is 0 Å². The summed E-state index contributed by atoms with van der Waals surface area (Å²) >= 11 is 6.02. The van der Waals surface area contributed by atoms with Crippen molar-refractivity contribution in [2.45, 2.75) is 0 Å². The molecule has 0 aliphatic carbocycles. The van der Waals surface area contributed by atoms with Gasteiger partial charge in [0.2, 0.25) is 0 Å². The fraction of sp³-hybridized carbons (Fsp3) is 0. The van der Waals surface area contributed by atoms with Gasteiger partial charge >= 0.3 is 0 Å². The van der Waals surface area contributed by atoms with Crippen LogP contribution in [0.3, 0.4) is 0 Å². The molecular formula is C19H13ClN4. The molecule has 2 aromatic heterocycles. The van der Waals surface area contributed by atoms with Gasteiger partial charge in [0, 0.05) is 17.2 Å². The van der Waals surface area contributed by atoms with E-state index in [4.69, 9.17) is 16.7 Å². The third-order valence-corrected chi connectivity index (χ3v) is 3.89. The second-order valence-corrected chi connectivity index (χ2v) is 5.64. The highest BCUT2D eigenvalue weighted by atomic mass is 35.5. The van der Waals surface area contributed by atoms with E-state index >= 15 is 0 Å². The minimum absolute atomic E-state index is 0.385. The van der Waals surface area contributed by atoms with E-state index in [1.807, 2.05) is 60.7 Å². The maximum atomic E-state index is 6.02. The fourth-order valence-corrected chi connectivity index (χ4v) is 2.70. The molecule has 2 aromatic carbocycles. The number of nitrogens with zero attached hydrogens (tertiary/aromatic N) is 4. The Balaban J connectivity index is 1.92. The summed E-state index contributed by atoms with van der Waals surface area (Å²) in [6.45, 7) is 0. The Bertz CT molecular complexity index is 965. The Labute approximate surface area is 144 Å². The second kappa shape index (κ2) is 6.26. The van der Waals surface area contributed by atoms with Crippen LogP contribution in [0.15, 0.2) is 79.1 Å². The van der Waals surface area contributed by atoms with Crippen LogP contribution in [0.25, 0.3) is 28.3 Å². The summed E-state index contributed by atoms with van der Waals surface area (Å²) in [5.74, 6) is 0.635. The van der Waals surface area contributed by atoms with E-state index in [0.717, 1.165) is 22.5 Å². The third-order valence-electron chi connectivity index (χ3n) is 3.68. The summed E-state index contributed by atoms with van der Waals surface area (Å²) in [6.07, 6.45) is 1.44. The number of hydrogen-bond donors (Lipinski definition) is 0. The SMILES string of the molecule is Clc1cc(-n2nc(-c3ccccc3)cc2-c2ccccc2)ncn1. The average Bonchev–Trinajstić information content (AvgIpc) is 3.09. The molecule has 0 saturated carbocycles. The number of hydrogen-bond acceptors (Lipinski definition) is 3. The van der Waals surface area contributed by atoms with E-state index in [0.29, 0.717) is 11.0 Å². The summed E-state index contributed by atoms with van der Waals surface area (Å²) in [4.78, 5) is 8.25. The van der Waals surface area contributed by atoms with Crippen molar-refractivity contribution in [2.75, 3.05) is 0 Å². The van der Waals surface area contributed by atoms with Gasteiger partial charge in [-0.3, -0.25) is 0 Å². The van der Waals surface area contributed by atoms with Gasteiger partial charge in [-0.05, 0) is 6.07 Å². The summed E-state index contributed by atoms with van der Waals surface area (Å²) in [5.41, 5.74) is 3.93. The number of halogens is 1. The van der Waals surface area contributed by atoms with E-state index in [9.17, 15) is 0 Å². The lowest BCUT2D eigenvalue weighted by Crippen LogP contribution is -2.02. The van der Waals surface area contributed by atoms with Gasteiger partial charge in [-0.15, -0.1) is 0 Å². The van der Waals surface area contributed by atoms with E-state index in [1.54, 1.807) is 10.7 Å². The monoisotopic (exact) mass is 332 g/mol. The molecular weight excluding hydrogens is 320 g/mol. The van der Waals surface area contributed by atoms with Crippen molar-refractivity contribution in [1.82, 2.24) is 19.7 Å². The second-order valence-electron chi connectivity index (χ2n) is 5.26. The third kappa shape index (κ3) is 2.79. The Morgan fingerprint density at radius 1 is 0.750 bits per heavy atom. The first-order chi connectivity index (χ1) is 11.8. The molecule has 2 heterocycles. The molecule has 0 N–H and O–H groups in total. The highest BCUT2D eigenvalue weighted by Gasteiger charge is 2.14. The van der Waals surface area contributed by atoms with E-state index in [2.05, 4.69) is 16.0 Å². The molecule has 5 heteroatoms. The summed E-state index contributed by atoms with van der Waals surface area (Å²) in [7, 11) is 0. The van der Waals surface area contributed by atoms with Crippen LogP contribution >= 0.6 is 11.6 Å². The van der Waals surface area contributed by atoms with Gasteiger partial charge in [-0.2, -0.15) is 5.10 Å². The molecule has 0 saturated heterocycles. The Hall–Kier alpha value is -2.98. The van der Waals surface area contributed by atoms with Crippen LogP contribution in [0.2, 0.25) is 5.15 Å². The average molecular weight is 333 g/mol. The molecule has 0 spiro atoms. The van der Waals surface area contributed by atoms with Crippen molar-refractivity contribution < 1.29 is 0 Å². The highest BCUT2D eigenvalue weighted by molar-refractivity contribution is 6.29. The molecule has 0 fully saturated rings. The molecule has 24 heavy (non-hydrogen) atoms. The largest absolute Gasteiger partial charge is 0.224 e. The normalized spacial score (nSPS) is 10.7. The highest BCUT2D eigenvalue weighted by Crippen LogP contribution is 2.28. The standard InChI is InChI=1S/C19H13ClN4/c20-18-12-19(22-13-21-18)24-17(15-9-5-2-6-10-15)11-16(23-24)14-7-3-1-4-8-14/h1-13H. The Kier molecular flexibility index (Phi) is 3.81. The first-order valence-corrected chi connectivity index (χ1v) is 7.88. The Morgan fingerprint density at radius 2 is 1.42 bits per heavy atom.